The maximum Gasteiger partial charge on any atom is 0.272 e. The van der Waals surface area contributed by atoms with Gasteiger partial charge in [0.05, 0.1) is 17.8 Å². The topological polar surface area (TPSA) is 79.5 Å². The molecule has 6 nitrogen and oxygen atoms in total. The molecule has 1 aliphatic rings. The lowest BCUT2D eigenvalue weighted by atomic mass is 9.76. The number of hydrogen-bond acceptors (Lipinski definition) is 4. The maximum atomic E-state index is 12.7. The van der Waals surface area contributed by atoms with Gasteiger partial charge in [-0.15, -0.1) is 0 Å². The Morgan fingerprint density at radius 3 is 2.84 bits per heavy atom. The zero-order valence-corrected chi connectivity index (χ0v) is 14.0. The Labute approximate surface area is 145 Å². The van der Waals surface area contributed by atoms with Crippen LogP contribution in [0, 0.1) is 12.8 Å². The van der Waals surface area contributed by atoms with Crippen molar-refractivity contribution in [1.82, 2.24) is 19.7 Å². The minimum Gasteiger partial charge on any atom is -0.393 e. The number of aryl methyl sites for hydroxylation is 1. The number of imidazole rings is 1. The zero-order valence-electron chi connectivity index (χ0n) is 14.0. The van der Waals surface area contributed by atoms with Gasteiger partial charge in [-0.3, -0.25) is 9.78 Å². The Bertz CT molecular complexity index is 900. The summed E-state index contributed by atoms with van der Waals surface area (Å²) in [6.07, 6.45) is 6.46. The summed E-state index contributed by atoms with van der Waals surface area (Å²) in [5, 5.41) is 12.7. The van der Waals surface area contributed by atoms with E-state index in [-0.39, 0.29) is 24.0 Å². The summed E-state index contributed by atoms with van der Waals surface area (Å²) in [6.45, 7) is 2.00. The first-order chi connectivity index (χ1) is 12.1. The number of aliphatic hydroxyl groups is 1. The number of rotatable bonds is 4. The molecular weight excluding hydrogens is 316 g/mol. The summed E-state index contributed by atoms with van der Waals surface area (Å²) in [7, 11) is 0. The summed E-state index contributed by atoms with van der Waals surface area (Å²) in [6, 6.07) is 9.31. The molecule has 1 amide bonds. The highest BCUT2D eigenvalue weighted by atomic mass is 16.3. The number of amides is 1. The van der Waals surface area contributed by atoms with Crippen LogP contribution in [0.2, 0.25) is 0 Å². The van der Waals surface area contributed by atoms with Crippen LogP contribution in [0.25, 0.3) is 5.65 Å². The van der Waals surface area contributed by atoms with E-state index in [1.165, 1.54) is 0 Å². The van der Waals surface area contributed by atoms with E-state index in [9.17, 15) is 9.90 Å². The molecule has 0 aliphatic heterocycles. The Balaban J connectivity index is 1.59. The van der Waals surface area contributed by atoms with E-state index in [0.29, 0.717) is 18.5 Å². The van der Waals surface area contributed by atoms with Crippen LogP contribution in [0.5, 0.6) is 0 Å². The third-order valence-electron chi connectivity index (χ3n) is 4.75. The van der Waals surface area contributed by atoms with E-state index in [1.54, 1.807) is 12.4 Å². The summed E-state index contributed by atoms with van der Waals surface area (Å²) in [5.41, 5.74) is 3.04. The molecule has 1 fully saturated rings. The molecular formula is C19H20N4O2. The monoisotopic (exact) mass is 336 g/mol. The predicted molar refractivity (Wildman–Crippen MR) is 93.1 cm³/mol. The molecule has 3 heterocycles. The number of carbonyl (C=O) groups excluding carboxylic acids is 1. The third-order valence-corrected chi connectivity index (χ3v) is 4.75. The number of nitrogens with one attached hydrogen (secondary N) is 1. The summed E-state index contributed by atoms with van der Waals surface area (Å²) in [5.74, 6) is -0.0356. The van der Waals surface area contributed by atoms with Crippen molar-refractivity contribution in [3.63, 3.8) is 0 Å². The Hall–Kier alpha value is -2.73. The molecule has 0 spiro atoms. The Kier molecular flexibility index (Phi) is 3.97. The second-order valence-electron chi connectivity index (χ2n) is 6.69. The second kappa shape index (κ2) is 6.29. The number of aliphatic hydroxyl groups excluding tert-OH is 1. The lowest BCUT2D eigenvalue weighted by molar-refractivity contribution is 0.0228. The maximum absolute atomic E-state index is 12.7. The van der Waals surface area contributed by atoms with Crippen molar-refractivity contribution in [2.24, 2.45) is 5.92 Å². The molecule has 3 aromatic heterocycles. The van der Waals surface area contributed by atoms with Crippen LogP contribution in [0.1, 0.15) is 40.6 Å². The second-order valence-corrected chi connectivity index (χ2v) is 6.69. The van der Waals surface area contributed by atoms with Gasteiger partial charge in [0.25, 0.3) is 5.91 Å². The first-order valence-electron chi connectivity index (χ1n) is 8.45. The van der Waals surface area contributed by atoms with Crippen LogP contribution in [-0.2, 0) is 0 Å². The minimum absolute atomic E-state index is 0.188. The number of hydrogen-bond donors (Lipinski definition) is 2. The first kappa shape index (κ1) is 15.8. The van der Waals surface area contributed by atoms with Crippen molar-refractivity contribution in [2.45, 2.75) is 31.9 Å². The van der Waals surface area contributed by atoms with Crippen LogP contribution in [0.4, 0.5) is 0 Å². The predicted octanol–water partition coefficient (Wildman–Crippen LogP) is 2.28. The molecule has 6 heteroatoms. The lowest BCUT2D eigenvalue weighted by Crippen LogP contribution is -2.41. The van der Waals surface area contributed by atoms with E-state index >= 15 is 0 Å². The van der Waals surface area contributed by atoms with E-state index in [2.05, 4.69) is 15.3 Å². The molecule has 0 bridgehead atoms. The van der Waals surface area contributed by atoms with Gasteiger partial charge in [-0.2, -0.15) is 0 Å². The highest BCUT2D eigenvalue weighted by molar-refractivity contribution is 5.93. The fourth-order valence-electron chi connectivity index (χ4n) is 3.32. The molecule has 0 radical (unpaired) electrons. The van der Waals surface area contributed by atoms with Gasteiger partial charge < -0.3 is 14.8 Å². The van der Waals surface area contributed by atoms with Gasteiger partial charge in [0.2, 0.25) is 0 Å². The molecule has 128 valence electrons. The van der Waals surface area contributed by atoms with Gasteiger partial charge in [0.1, 0.15) is 11.3 Å². The number of pyridine rings is 2. The summed E-state index contributed by atoms with van der Waals surface area (Å²) < 4.78 is 1.85. The molecule has 1 saturated carbocycles. The molecule has 25 heavy (non-hydrogen) atoms. The average molecular weight is 336 g/mol. The zero-order chi connectivity index (χ0) is 17.4. The molecule has 3 aromatic rings. The smallest absolute Gasteiger partial charge is 0.272 e. The normalized spacial score (nSPS) is 20.9. The van der Waals surface area contributed by atoms with Gasteiger partial charge in [0, 0.05) is 18.6 Å². The standard InChI is InChI=1S/C19H20N4O2/c1-12-5-6-17-21-16(11-23(17)10-12)19(25)22-18(13-8-14(24)9-13)15-4-2-3-7-20-15/h2-7,10-11,13-14,18,24H,8-9H2,1H3,(H,22,25)/t13?,14?,18-/m1/s1. The molecule has 0 aromatic carbocycles. The Morgan fingerprint density at radius 1 is 1.28 bits per heavy atom. The van der Waals surface area contributed by atoms with E-state index in [0.717, 1.165) is 16.9 Å². The minimum atomic E-state index is -0.286. The number of aromatic nitrogens is 3. The highest BCUT2D eigenvalue weighted by Gasteiger charge is 2.36. The number of fused-ring (bicyclic) bond motifs is 1. The molecule has 1 atom stereocenters. The van der Waals surface area contributed by atoms with Crippen molar-refractivity contribution < 1.29 is 9.90 Å². The van der Waals surface area contributed by atoms with E-state index < -0.39 is 0 Å². The van der Waals surface area contributed by atoms with Crippen LogP contribution >= 0.6 is 0 Å². The van der Waals surface area contributed by atoms with Crippen LogP contribution in [0.3, 0.4) is 0 Å². The van der Waals surface area contributed by atoms with Gasteiger partial charge in [-0.25, -0.2) is 4.98 Å². The Morgan fingerprint density at radius 2 is 2.12 bits per heavy atom. The highest BCUT2D eigenvalue weighted by Crippen LogP contribution is 2.37. The van der Waals surface area contributed by atoms with Crippen LogP contribution in [0.15, 0.2) is 48.9 Å². The molecule has 0 saturated heterocycles. The van der Waals surface area contributed by atoms with Crippen molar-refractivity contribution in [2.75, 3.05) is 0 Å². The molecule has 4 rings (SSSR count). The summed E-state index contributed by atoms with van der Waals surface area (Å²) in [4.78, 5) is 21.5. The third kappa shape index (κ3) is 3.13. The van der Waals surface area contributed by atoms with Crippen LogP contribution < -0.4 is 5.32 Å². The quantitative estimate of drug-likeness (QED) is 0.766. The van der Waals surface area contributed by atoms with Crippen molar-refractivity contribution in [3.8, 4) is 0 Å². The fraction of sp³-hybridized carbons (Fsp3) is 0.316. The molecule has 2 N–H and O–H groups in total. The van der Waals surface area contributed by atoms with Gasteiger partial charge in [-0.05, 0) is 49.4 Å². The number of carbonyl (C=O) groups is 1. The fourth-order valence-corrected chi connectivity index (χ4v) is 3.32. The SMILES string of the molecule is Cc1ccc2nc(C(=O)N[C@@H](c3ccccn3)C3CC(O)C3)cn2c1. The average Bonchev–Trinajstić information content (AvgIpc) is 3.01. The van der Waals surface area contributed by atoms with E-state index in [1.807, 2.05) is 47.9 Å². The summed E-state index contributed by atoms with van der Waals surface area (Å²) >= 11 is 0. The van der Waals surface area contributed by atoms with Crippen molar-refractivity contribution >= 4 is 11.6 Å². The van der Waals surface area contributed by atoms with Gasteiger partial charge >= 0.3 is 0 Å². The van der Waals surface area contributed by atoms with Crippen LogP contribution in [-0.4, -0.2) is 31.5 Å². The van der Waals surface area contributed by atoms with Gasteiger partial charge in [0.15, 0.2) is 0 Å². The van der Waals surface area contributed by atoms with Gasteiger partial charge in [-0.1, -0.05) is 12.1 Å². The largest absolute Gasteiger partial charge is 0.393 e. The number of nitrogens with zero attached hydrogens (tertiary/aromatic N) is 3. The van der Waals surface area contributed by atoms with Crippen molar-refractivity contribution in [1.29, 1.82) is 0 Å². The lowest BCUT2D eigenvalue weighted by Gasteiger charge is -2.37. The molecule has 0 unspecified atom stereocenters. The van der Waals surface area contributed by atoms with Crippen molar-refractivity contribution in [3.05, 3.63) is 65.9 Å². The van der Waals surface area contributed by atoms with E-state index in [4.69, 9.17) is 0 Å². The first-order valence-corrected chi connectivity index (χ1v) is 8.45. The molecule has 1 aliphatic carbocycles.